The number of piperazine rings is 1. The van der Waals surface area contributed by atoms with Gasteiger partial charge >= 0.3 is 0 Å². The number of nitrogens with one attached hydrogen (secondary N) is 1. The number of carbonyl (C=O) groups excluding carboxylic acids is 1. The van der Waals surface area contributed by atoms with Crippen molar-refractivity contribution < 1.29 is 14.3 Å². The summed E-state index contributed by atoms with van der Waals surface area (Å²) < 4.78 is 12.7. The van der Waals surface area contributed by atoms with E-state index in [1.165, 1.54) is 6.08 Å². The number of anilines is 1. The van der Waals surface area contributed by atoms with Gasteiger partial charge in [-0.05, 0) is 18.2 Å². The van der Waals surface area contributed by atoms with Gasteiger partial charge in [0.2, 0.25) is 11.9 Å². The number of ether oxygens (including phenoxy) is 2. The number of fused-ring (bicyclic) bond motifs is 3. The zero-order chi connectivity index (χ0) is 26.8. The maximum atomic E-state index is 11.9. The Bertz CT molecular complexity index is 1510. The van der Waals surface area contributed by atoms with E-state index in [1.54, 1.807) is 38.0 Å². The Balaban J connectivity index is 1.54. The van der Waals surface area contributed by atoms with Gasteiger partial charge in [-0.25, -0.2) is 9.97 Å². The van der Waals surface area contributed by atoms with Crippen molar-refractivity contribution in [3.05, 3.63) is 47.9 Å². The Hall–Kier alpha value is -3.96. The molecule has 1 amide bonds. The quantitative estimate of drug-likeness (QED) is 0.340. The van der Waals surface area contributed by atoms with Crippen LogP contribution in [0, 0.1) is 0 Å². The SMILES string of the molecule is C=CC(=O)N1CCN(CCc2nc3c(-c4cc(OC)cc(OC)c4Cl)cc4cnc(NC)nc4n3n2)CC1. The van der Waals surface area contributed by atoms with E-state index in [2.05, 4.69) is 26.8 Å². The van der Waals surface area contributed by atoms with E-state index >= 15 is 0 Å². The minimum Gasteiger partial charge on any atom is -0.497 e. The summed E-state index contributed by atoms with van der Waals surface area (Å²) in [6.45, 7) is 7.29. The second kappa shape index (κ2) is 10.8. The normalized spacial score (nSPS) is 14.2. The highest BCUT2D eigenvalue weighted by Gasteiger charge is 2.22. The van der Waals surface area contributed by atoms with Crippen LogP contribution in [0.15, 0.2) is 37.1 Å². The van der Waals surface area contributed by atoms with Gasteiger partial charge in [0.05, 0.1) is 19.2 Å². The van der Waals surface area contributed by atoms with Crippen molar-refractivity contribution >= 4 is 40.1 Å². The number of benzene rings is 1. The maximum absolute atomic E-state index is 11.9. The van der Waals surface area contributed by atoms with Gasteiger partial charge in [-0.2, -0.15) is 9.50 Å². The summed E-state index contributed by atoms with van der Waals surface area (Å²) in [7, 11) is 4.93. The fourth-order valence-corrected chi connectivity index (χ4v) is 4.88. The van der Waals surface area contributed by atoms with Crippen molar-refractivity contribution in [2.45, 2.75) is 6.42 Å². The van der Waals surface area contributed by atoms with Gasteiger partial charge in [0.15, 0.2) is 17.1 Å². The number of hydrogen-bond acceptors (Lipinski definition) is 9. The van der Waals surface area contributed by atoms with Gasteiger partial charge in [-0.3, -0.25) is 9.69 Å². The lowest BCUT2D eigenvalue weighted by Crippen LogP contribution is -2.48. The number of hydrogen-bond donors (Lipinski definition) is 1. The summed E-state index contributed by atoms with van der Waals surface area (Å²) in [5.74, 6) is 2.24. The Morgan fingerprint density at radius 1 is 1.11 bits per heavy atom. The molecule has 0 unspecified atom stereocenters. The molecule has 0 atom stereocenters. The highest BCUT2D eigenvalue weighted by atomic mass is 35.5. The lowest BCUT2D eigenvalue weighted by Gasteiger charge is -2.33. The van der Waals surface area contributed by atoms with E-state index in [9.17, 15) is 4.79 Å². The molecule has 4 aromatic rings. The highest BCUT2D eigenvalue weighted by Crippen LogP contribution is 2.41. The van der Waals surface area contributed by atoms with Crippen LogP contribution >= 0.6 is 11.6 Å². The van der Waals surface area contributed by atoms with Crippen LogP contribution < -0.4 is 14.8 Å². The van der Waals surface area contributed by atoms with Crippen LogP contribution in [0.5, 0.6) is 11.5 Å². The molecule has 3 aromatic heterocycles. The monoisotopic (exact) mass is 536 g/mol. The van der Waals surface area contributed by atoms with Gasteiger partial charge in [-0.1, -0.05) is 18.2 Å². The molecule has 0 saturated carbocycles. The third-order valence-electron chi connectivity index (χ3n) is 6.68. The summed E-state index contributed by atoms with van der Waals surface area (Å²) >= 11 is 6.77. The van der Waals surface area contributed by atoms with Crippen molar-refractivity contribution in [1.82, 2.24) is 34.4 Å². The molecule has 5 rings (SSSR count). The van der Waals surface area contributed by atoms with Gasteiger partial charge in [0.25, 0.3) is 0 Å². The molecule has 0 aliphatic carbocycles. The number of rotatable bonds is 8. The molecule has 0 bridgehead atoms. The Labute approximate surface area is 225 Å². The zero-order valence-electron chi connectivity index (χ0n) is 21.6. The highest BCUT2D eigenvalue weighted by molar-refractivity contribution is 6.35. The van der Waals surface area contributed by atoms with E-state index < -0.39 is 0 Å². The molecule has 0 radical (unpaired) electrons. The summed E-state index contributed by atoms with van der Waals surface area (Å²) in [5.41, 5.74) is 2.71. The molecule has 1 aromatic carbocycles. The van der Waals surface area contributed by atoms with Crippen molar-refractivity contribution in [1.29, 1.82) is 0 Å². The number of carbonyl (C=O) groups is 1. The van der Waals surface area contributed by atoms with E-state index in [0.29, 0.717) is 64.7 Å². The van der Waals surface area contributed by atoms with Crippen molar-refractivity contribution in [2.24, 2.45) is 0 Å². The molecular formula is C26H29ClN8O3. The Morgan fingerprint density at radius 3 is 2.58 bits per heavy atom. The lowest BCUT2D eigenvalue weighted by molar-refractivity contribution is -0.127. The predicted octanol–water partition coefficient (Wildman–Crippen LogP) is 2.92. The third kappa shape index (κ3) is 4.82. The van der Waals surface area contributed by atoms with Gasteiger partial charge in [-0.15, -0.1) is 5.10 Å². The van der Waals surface area contributed by atoms with E-state index in [-0.39, 0.29) is 5.91 Å². The predicted molar refractivity (Wildman–Crippen MR) is 146 cm³/mol. The van der Waals surface area contributed by atoms with Crippen LogP contribution in [-0.2, 0) is 11.2 Å². The van der Waals surface area contributed by atoms with Crippen molar-refractivity contribution in [2.75, 3.05) is 59.3 Å². The second-order valence-corrected chi connectivity index (χ2v) is 9.23. The molecule has 4 heterocycles. The molecule has 1 N–H and O–H groups in total. The zero-order valence-corrected chi connectivity index (χ0v) is 22.3. The van der Waals surface area contributed by atoms with Crippen LogP contribution in [-0.4, -0.2) is 94.3 Å². The number of aromatic nitrogens is 5. The number of pyridine rings is 1. The second-order valence-electron chi connectivity index (χ2n) is 8.86. The average Bonchev–Trinajstić information content (AvgIpc) is 3.40. The number of halogens is 1. The summed E-state index contributed by atoms with van der Waals surface area (Å²) in [5, 5.41) is 9.04. The summed E-state index contributed by atoms with van der Waals surface area (Å²) in [6, 6.07) is 5.55. The largest absolute Gasteiger partial charge is 0.497 e. The molecule has 38 heavy (non-hydrogen) atoms. The first-order valence-corrected chi connectivity index (χ1v) is 12.6. The van der Waals surface area contributed by atoms with Crippen LogP contribution in [0.1, 0.15) is 5.82 Å². The van der Waals surface area contributed by atoms with E-state index in [4.69, 9.17) is 31.2 Å². The first-order chi connectivity index (χ1) is 18.4. The van der Waals surface area contributed by atoms with Crippen LogP contribution in [0.25, 0.3) is 27.8 Å². The maximum Gasteiger partial charge on any atom is 0.246 e. The lowest BCUT2D eigenvalue weighted by atomic mass is 10.0. The van der Waals surface area contributed by atoms with Gasteiger partial charge in [0, 0.05) is 75.0 Å². The molecule has 1 aliphatic heterocycles. The number of methoxy groups -OCH3 is 2. The van der Waals surface area contributed by atoms with Crippen LogP contribution in [0.4, 0.5) is 5.95 Å². The fraction of sp³-hybridized carbons (Fsp3) is 0.346. The molecule has 198 valence electrons. The standard InChI is InChI=1S/C26H29ClN8O3/c1-5-22(36)34-10-8-33(9-11-34)7-6-21-30-25-19(18-13-17(37-3)14-20(38-4)23(18)27)12-16-15-29-26(28-2)31-24(16)35(25)32-21/h5,12-15H,1,6-11H2,2-4H3,(H,28,29,31). The van der Waals surface area contributed by atoms with Crippen LogP contribution in [0.3, 0.4) is 0 Å². The molecule has 0 spiro atoms. The molecule has 12 heteroatoms. The average molecular weight is 537 g/mol. The Kier molecular flexibility index (Phi) is 7.30. The van der Waals surface area contributed by atoms with Crippen LogP contribution in [0.2, 0.25) is 5.02 Å². The number of nitrogens with zero attached hydrogens (tertiary/aromatic N) is 7. The van der Waals surface area contributed by atoms with E-state index in [0.717, 1.165) is 30.6 Å². The molecular weight excluding hydrogens is 508 g/mol. The fourth-order valence-electron chi connectivity index (χ4n) is 4.59. The van der Waals surface area contributed by atoms with Crippen molar-refractivity contribution in [3.8, 4) is 22.6 Å². The van der Waals surface area contributed by atoms with Gasteiger partial charge in [0.1, 0.15) is 11.5 Å². The minimum absolute atomic E-state index is 0.0261. The number of amides is 1. The van der Waals surface area contributed by atoms with Crippen molar-refractivity contribution in [3.63, 3.8) is 0 Å². The van der Waals surface area contributed by atoms with E-state index in [1.807, 2.05) is 17.0 Å². The van der Waals surface area contributed by atoms with Gasteiger partial charge < -0.3 is 19.7 Å². The molecule has 11 nitrogen and oxygen atoms in total. The topological polar surface area (TPSA) is 110 Å². The first-order valence-electron chi connectivity index (χ1n) is 12.2. The summed E-state index contributed by atoms with van der Waals surface area (Å²) in [4.78, 5) is 29.9. The smallest absolute Gasteiger partial charge is 0.246 e. The third-order valence-corrected chi connectivity index (χ3v) is 7.07. The Morgan fingerprint density at radius 2 is 1.89 bits per heavy atom. The minimum atomic E-state index is -0.0261. The summed E-state index contributed by atoms with van der Waals surface area (Å²) in [6.07, 6.45) is 3.75. The first kappa shape index (κ1) is 25.7. The molecule has 1 aliphatic rings. The molecule has 1 fully saturated rings. The molecule has 1 saturated heterocycles.